The summed E-state index contributed by atoms with van der Waals surface area (Å²) < 4.78 is 5.22. The number of hydrogen-bond acceptors (Lipinski definition) is 2. The van der Waals surface area contributed by atoms with E-state index in [2.05, 4.69) is 5.32 Å². The zero-order valence-corrected chi connectivity index (χ0v) is 10.4. The van der Waals surface area contributed by atoms with Gasteiger partial charge in [-0.3, -0.25) is 4.79 Å². The van der Waals surface area contributed by atoms with E-state index in [1.54, 1.807) is 14.0 Å². The molecule has 0 spiro atoms. The molecule has 0 heterocycles. The number of halogens is 1. The van der Waals surface area contributed by atoms with E-state index in [0.29, 0.717) is 0 Å². The van der Waals surface area contributed by atoms with Crippen LogP contribution in [0.5, 0.6) is 5.75 Å². The number of methoxy groups -OCH3 is 1. The van der Waals surface area contributed by atoms with Gasteiger partial charge in [0.25, 0.3) is 0 Å². The van der Waals surface area contributed by atoms with Crippen LogP contribution in [0.3, 0.4) is 0 Å². The van der Waals surface area contributed by atoms with E-state index in [0.717, 1.165) is 11.3 Å². The Labute approximate surface area is 101 Å². The molecule has 88 valence electrons. The van der Waals surface area contributed by atoms with E-state index < -0.39 is 5.38 Å². The molecular formula is C12H16ClNO2. The Bertz CT molecular complexity index is 366. The van der Waals surface area contributed by atoms with Crippen LogP contribution in [0.25, 0.3) is 0 Å². The molecule has 0 aliphatic rings. The van der Waals surface area contributed by atoms with Crippen LogP contribution in [0.15, 0.2) is 24.3 Å². The number of nitrogens with one attached hydrogen (secondary N) is 1. The van der Waals surface area contributed by atoms with Crippen molar-refractivity contribution in [3.63, 3.8) is 0 Å². The minimum absolute atomic E-state index is 0.121. The Hall–Kier alpha value is -1.22. The van der Waals surface area contributed by atoms with E-state index in [-0.39, 0.29) is 11.9 Å². The summed E-state index contributed by atoms with van der Waals surface area (Å²) in [6.45, 7) is 3.54. The van der Waals surface area contributed by atoms with Crippen molar-refractivity contribution in [1.29, 1.82) is 0 Å². The molecule has 1 rings (SSSR count). The lowest BCUT2D eigenvalue weighted by Gasteiger charge is -2.17. The van der Waals surface area contributed by atoms with E-state index in [1.807, 2.05) is 31.2 Å². The van der Waals surface area contributed by atoms with Gasteiger partial charge in [-0.25, -0.2) is 0 Å². The fourth-order valence-electron chi connectivity index (χ4n) is 1.43. The van der Waals surface area contributed by atoms with Crippen molar-refractivity contribution < 1.29 is 9.53 Å². The molecule has 1 aromatic rings. The Balaban J connectivity index is 2.80. The summed E-state index contributed by atoms with van der Waals surface area (Å²) in [4.78, 5) is 11.4. The maximum Gasteiger partial charge on any atom is 0.238 e. The normalized spacial score (nSPS) is 14.0. The highest BCUT2D eigenvalue weighted by molar-refractivity contribution is 6.30. The second kappa shape index (κ2) is 5.75. The van der Waals surface area contributed by atoms with Crippen molar-refractivity contribution in [2.45, 2.75) is 25.3 Å². The molecule has 4 heteroatoms. The van der Waals surface area contributed by atoms with Crippen LogP contribution in [0.2, 0.25) is 0 Å². The highest BCUT2D eigenvalue weighted by atomic mass is 35.5. The van der Waals surface area contributed by atoms with Crippen LogP contribution in [-0.4, -0.2) is 18.4 Å². The summed E-state index contributed by atoms with van der Waals surface area (Å²) in [6, 6.07) is 7.46. The molecule has 0 aliphatic carbocycles. The molecule has 0 fully saturated rings. The molecule has 0 unspecified atom stereocenters. The van der Waals surface area contributed by atoms with E-state index in [9.17, 15) is 4.79 Å². The molecule has 0 aliphatic heterocycles. The number of carbonyl (C=O) groups excluding carboxylic acids is 1. The SMILES string of the molecule is COc1ccccc1[C@@H](C)NC(=O)[C@H](C)Cl. The molecule has 1 N–H and O–H groups in total. The summed E-state index contributed by atoms with van der Waals surface area (Å²) in [6.07, 6.45) is 0. The molecule has 3 nitrogen and oxygen atoms in total. The van der Waals surface area contributed by atoms with Gasteiger partial charge in [-0.15, -0.1) is 11.6 Å². The molecule has 0 saturated heterocycles. The summed E-state index contributed by atoms with van der Waals surface area (Å²) in [5.41, 5.74) is 0.940. The van der Waals surface area contributed by atoms with Crippen LogP contribution in [-0.2, 0) is 4.79 Å². The number of ether oxygens (including phenoxy) is 1. The molecule has 1 aromatic carbocycles. The maximum atomic E-state index is 11.4. The summed E-state index contributed by atoms with van der Waals surface area (Å²) in [5, 5.41) is 2.29. The van der Waals surface area contributed by atoms with Gasteiger partial charge in [0.2, 0.25) is 5.91 Å². The van der Waals surface area contributed by atoms with Gasteiger partial charge < -0.3 is 10.1 Å². The number of rotatable bonds is 4. The molecule has 2 atom stereocenters. The van der Waals surface area contributed by atoms with Crippen molar-refractivity contribution in [3.05, 3.63) is 29.8 Å². The van der Waals surface area contributed by atoms with Gasteiger partial charge in [0.1, 0.15) is 11.1 Å². The first-order valence-electron chi connectivity index (χ1n) is 5.13. The highest BCUT2D eigenvalue weighted by Crippen LogP contribution is 2.24. The number of carbonyl (C=O) groups is 1. The molecule has 0 aromatic heterocycles. The summed E-state index contributed by atoms with van der Waals surface area (Å²) in [5.74, 6) is 0.581. The van der Waals surface area contributed by atoms with Crippen LogP contribution < -0.4 is 10.1 Å². The fourth-order valence-corrected chi connectivity index (χ4v) is 1.49. The van der Waals surface area contributed by atoms with Gasteiger partial charge in [-0.1, -0.05) is 18.2 Å². The van der Waals surface area contributed by atoms with Gasteiger partial charge in [-0.2, -0.15) is 0 Å². The minimum atomic E-state index is -0.530. The lowest BCUT2D eigenvalue weighted by molar-refractivity contribution is -0.121. The number of amides is 1. The minimum Gasteiger partial charge on any atom is -0.496 e. The van der Waals surface area contributed by atoms with Gasteiger partial charge in [0.15, 0.2) is 0 Å². The molecule has 1 amide bonds. The molecule has 0 radical (unpaired) electrons. The monoisotopic (exact) mass is 241 g/mol. The van der Waals surface area contributed by atoms with Crippen molar-refractivity contribution in [2.24, 2.45) is 0 Å². The zero-order valence-electron chi connectivity index (χ0n) is 9.66. The van der Waals surface area contributed by atoms with Gasteiger partial charge in [0, 0.05) is 5.56 Å². The quantitative estimate of drug-likeness (QED) is 0.823. The third-order valence-corrected chi connectivity index (χ3v) is 2.52. The third kappa shape index (κ3) is 3.14. The first-order chi connectivity index (χ1) is 7.56. The van der Waals surface area contributed by atoms with Crippen LogP contribution >= 0.6 is 11.6 Å². The standard InChI is InChI=1S/C12H16ClNO2/c1-8(13)12(15)14-9(2)10-6-4-5-7-11(10)16-3/h4-9H,1-3H3,(H,14,15)/t8-,9+/m0/s1. The van der Waals surface area contributed by atoms with Crippen molar-refractivity contribution >= 4 is 17.5 Å². The average Bonchev–Trinajstić information content (AvgIpc) is 2.28. The van der Waals surface area contributed by atoms with Crippen molar-refractivity contribution in [2.75, 3.05) is 7.11 Å². The Morgan fingerprint density at radius 3 is 2.56 bits per heavy atom. The smallest absolute Gasteiger partial charge is 0.238 e. The Kier molecular flexibility index (Phi) is 4.62. The van der Waals surface area contributed by atoms with Crippen LogP contribution in [0.4, 0.5) is 0 Å². The second-order valence-electron chi connectivity index (χ2n) is 3.59. The predicted octanol–water partition coefficient (Wildman–Crippen LogP) is 2.50. The number of benzene rings is 1. The van der Waals surface area contributed by atoms with Gasteiger partial charge in [0.05, 0.1) is 13.2 Å². The lowest BCUT2D eigenvalue weighted by atomic mass is 10.1. The Morgan fingerprint density at radius 2 is 2.00 bits per heavy atom. The van der Waals surface area contributed by atoms with E-state index in [4.69, 9.17) is 16.3 Å². The predicted molar refractivity (Wildman–Crippen MR) is 64.9 cm³/mol. The van der Waals surface area contributed by atoms with Crippen molar-refractivity contribution in [3.8, 4) is 5.75 Å². The molecular weight excluding hydrogens is 226 g/mol. The molecule has 0 saturated carbocycles. The zero-order chi connectivity index (χ0) is 12.1. The summed E-state index contributed by atoms with van der Waals surface area (Å²) >= 11 is 5.69. The Morgan fingerprint density at radius 1 is 1.38 bits per heavy atom. The first-order valence-corrected chi connectivity index (χ1v) is 5.57. The average molecular weight is 242 g/mol. The molecule has 16 heavy (non-hydrogen) atoms. The van der Waals surface area contributed by atoms with Gasteiger partial charge in [-0.05, 0) is 19.9 Å². The van der Waals surface area contributed by atoms with Gasteiger partial charge >= 0.3 is 0 Å². The maximum absolute atomic E-state index is 11.4. The number of hydrogen-bond donors (Lipinski definition) is 1. The second-order valence-corrected chi connectivity index (χ2v) is 4.24. The fraction of sp³-hybridized carbons (Fsp3) is 0.417. The molecule has 0 bridgehead atoms. The number of alkyl halides is 1. The van der Waals surface area contributed by atoms with Crippen molar-refractivity contribution in [1.82, 2.24) is 5.32 Å². The van der Waals surface area contributed by atoms with E-state index >= 15 is 0 Å². The van der Waals surface area contributed by atoms with E-state index in [1.165, 1.54) is 0 Å². The topological polar surface area (TPSA) is 38.3 Å². The number of para-hydroxylation sites is 1. The lowest BCUT2D eigenvalue weighted by Crippen LogP contribution is -2.32. The summed E-state index contributed by atoms with van der Waals surface area (Å²) in [7, 11) is 1.61. The highest BCUT2D eigenvalue weighted by Gasteiger charge is 2.16. The van der Waals surface area contributed by atoms with Crippen LogP contribution in [0, 0.1) is 0 Å². The van der Waals surface area contributed by atoms with Crippen LogP contribution in [0.1, 0.15) is 25.5 Å². The first kappa shape index (κ1) is 12.8. The largest absolute Gasteiger partial charge is 0.496 e. The third-order valence-electron chi connectivity index (χ3n) is 2.33.